The molecule has 0 saturated carbocycles. The van der Waals surface area contributed by atoms with Crippen molar-refractivity contribution in [2.45, 2.75) is 83.6 Å². The molecule has 3 amide bonds. The molecule has 51 heavy (non-hydrogen) atoms. The smallest absolute Gasteiger partial charge is 0.335 e. The van der Waals surface area contributed by atoms with E-state index in [1.165, 1.54) is 5.56 Å². The molecule has 0 fully saturated rings. The van der Waals surface area contributed by atoms with Gasteiger partial charge in [-0.2, -0.15) is 0 Å². The number of nitrogens with zero attached hydrogens (tertiary/aromatic N) is 1. The first-order valence-corrected chi connectivity index (χ1v) is 17.9. The second-order valence-corrected chi connectivity index (χ2v) is 13.7. The van der Waals surface area contributed by atoms with Gasteiger partial charge in [-0.3, -0.25) is 14.4 Å². The zero-order valence-electron chi connectivity index (χ0n) is 29.2. The van der Waals surface area contributed by atoms with Crippen molar-refractivity contribution >= 4 is 29.4 Å². The first-order chi connectivity index (χ1) is 24.7. The molecule has 0 bridgehead atoms. The molecule has 1 aliphatic carbocycles. The van der Waals surface area contributed by atoms with E-state index >= 15 is 0 Å². The van der Waals surface area contributed by atoms with E-state index in [4.69, 9.17) is 5.11 Å². The van der Waals surface area contributed by atoms with Gasteiger partial charge in [0.15, 0.2) is 0 Å². The molecule has 0 radical (unpaired) electrons. The molecule has 0 saturated heterocycles. The van der Waals surface area contributed by atoms with Gasteiger partial charge in [-0.05, 0) is 83.3 Å². The Bertz CT molecular complexity index is 1870. The van der Waals surface area contributed by atoms with Crippen molar-refractivity contribution in [1.82, 2.24) is 15.5 Å². The van der Waals surface area contributed by atoms with E-state index in [0.29, 0.717) is 19.4 Å². The quantitative estimate of drug-likeness (QED) is 0.140. The van der Waals surface area contributed by atoms with Crippen LogP contribution in [0.4, 0.5) is 5.69 Å². The Balaban J connectivity index is 1.21. The van der Waals surface area contributed by atoms with E-state index in [2.05, 4.69) is 28.1 Å². The first-order valence-electron chi connectivity index (χ1n) is 17.9. The maximum Gasteiger partial charge on any atom is 0.335 e. The topological polar surface area (TPSA) is 128 Å². The van der Waals surface area contributed by atoms with Crippen LogP contribution >= 0.6 is 0 Å². The number of hydrogen-bond acceptors (Lipinski definition) is 5. The van der Waals surface area contributed by atoms with Gasteiger partial charge in [0.25, 0.3) is 0 Å². The number of carbonyl (C=O) groups excluding carboxylic acids is 3. The van der Waals surface area contributed by atoms with Crippen molar-refractivity contribution in [2.24, 2.45) is 5.92 Å². The number of fused-ring (bicyclic) bond motifs is 2. The third-order valence-corrected chi connectivity index (χ3v) is 10.3. The van der Waals surface area contributed by atoms with Crippen molar-refractivity contribution in [2.75, 3.05) is 5.32 Å². The van der Waals surface area contributed by atoms with Gasteiger partial charge in [0, 0.05) is 37.5 Å². The number of aryl methyl sites for hydroxylation is 1. The van der Waals surface area contributed by atoms with Gasteiger partial charge in [0.2, 0.25) is 17.7 Å². The molecular formula is C42H46N4O5. The minimum atomic E-state index is -0.961. The Hall–Kier alpha value is -5.44. The predicted molar refractivity (Wildman–Crippen MR) is 197 cm³/mol. The van der Waals surface area contributed by atoms with Gasteiger partial charge in [-0.1, -0.05) is 86.6 Å². The number of rotatable bonds is 12. The number of aromatic carboxylic acids is 1. The summed E-state index contributed by atoms with van der Waals surface area (Å²) in [5.41, 5.74) is 7.34. The Morgan fingerprint density at radius 3 is 2.22 bits per heavy atom. The number of nitrogens with one attached hydrogen (secondary N) is 3. The molecule has 0 spiro atoms. The second kappa shape index (κ2) is 16.1. The first kappa shape index (κ1) is 35.4. The van der Waals surface area contributed by atoms with Crippen molar-refractivity contribution in [3.05, 3.63) is 136 Å². The standard InChI is InChI=1S/C42H46N4O5/c1-3-27(2)39(47)45-37(23-28-17-21-34(22-18-28)43-25-29-15-19-31(20-16-29)42(50)51)41(49)46-26-33-11-5-4-10-32(33)24-38(46)40(48)44-36-14-8-12-30-9-6-7-13-35(30)36/h4-7,9-11,13,15-22,27,36-38,43H,3,8,12,14,23-26H2,1-2H3,(H,44,48)(H,45,47)(H,50,51)/t27-,36-,37+,38?/m1/s1. The summed E-state index contributed by atoms with van der Waals surface area (Å²) in [7, 11) is 0. The third-order valence-electron chi connectivity index (χ3n) is 10.3. The summed E-state index contributed by atoms with van der Waals surface area (Å²) in [6.07, 6.45) is 4.11. The molecular weight excluding hydrogens is 640 g/mol. The van der Waals surface area contributed by atoms with Crippen LogP contribution in [0, 0.1) is 5.92 Å². The van der Waals surface area contributed by atoms with Crippen LogP contribution in [0.15, 0.2) is 97.1 Å². The van der Waals surface area contributed by atoms with E-state index in [9.17, 15) is 19.2 Å². The molecule has 6 rings (SSSR count). The Morgan fingerprint density at radius 1 is 0.843 bits per heavy atom. The minimum absolute atomic E-state index is 0.117. The molecule has 1 unspecified atom stereocenters. The van der Waals surface area contributed by atoms with E-state index < -0.39 is 18.1 Å². The Morgan fingerprint density at radius 2 is 1.51 bits per heavy atom. The molecule has 4 aromatic carbocycles. The van der Waals surface area contributed by atoms with Gasteiger partial charge in [0.05, 0.1) is 11.6 Å². The fourth-order valence-electron chi connectivity index (χ4n) is 7.02. The van der Waals surface area contributed by atoms with Crippen LogP contribution < -0.4 is 16.0 Å². The summed E-state index contributed by atoms with van der Waals surface area (Å²) in [4.78, 5) is 54.9. The van der Waals surface area contributed by atoms with Crippen LogP contribution in [0.5, 0.6) is 0 Å². The molecule has 4 atom stereocenters. The van der Waals surface area contributed by atoms with Gasteiger partial charge in [-0.25, -0.2) is 4.79 Å². The molecule has 2 aliphatic rings. The highest BCUT2D eigenvalue weighted by Crippen LogP contribution is 2.31. The van der Waals surface area contributed by atoms with E-state index in [1.807, 2.05) is 74.5 Å². The van der Waals surface area contributed by atoms with Crippen LogP contribution in [0.2, 0.25) is 0 Å². The highest BCUT2D eigenvalue weighted by Gasteiger charge is 2.39. The van der Waals surface area contributed by atoms with Crippen LogP contribution in [0.25, 0.3) is 0 Å². The fraction of sp³-hybridized carbons (Fsp3) is 0.333. The lowest BCUT2D eigenvalue weighted by Gasteiger charge is -2.39. The van der Waals surface area contributed by atoms with Crippen molar-refractivity contribution in [3.8, 4) is 0 Å². The number of carbonyl (C=O) groups is 4. The average molecular weight is 687 g/mol. The maximum absolute atomic E-state index is 14.6. The summed E-state index contributed by atoms with van der Waals surface area (Å²) < 4.78 is 0. The summed E-state index contributed by atoms with van der Waals surface area (Å²) in [5, 5.41) is 18.9. The van der Waals surface area contributed by atoms with Gasteiger partial charge in [0.1, 0.15) is 12.1 Å². The van der Waals surface area contributed by atoms with Crippen LogP contribution in [0.3, 0.4) is 0 Å². The van der Waals surface area contributed by atoms with Gasteiger partial charge < -0.3 is 26.0 Å². The molecule has 264 valence electrons. The Kier molecular flexibility index (Phi) is 11.1. The van der Waals surface area contributed by atoms with Crippen molar-refractivity contribution in [1.29, 1.82) is 0 Å². The minimum Gasteiger partial charge on any atom is -0.478 e. The summed E-state index contributed by atoms with van der Waals surface area (Å²) in [5.74, 6) is -1.89. The van der Waals surface area contributed by atoms with Crippen molar-refractivity contribution in [3.63, 3.8) is 0 Å². The van der Waals surface area contributed by atoms with Crippen molar-refractivity contribution < 1.29 is 24.3 Å². The Labute approximate surface area is 299 Å². The zero-order valence-corrected chi connectivity index (χ0v) is 29.2. The third kappa shape index (κ3) is 8.48. The summed E-state index contributed by atoms with van der Waals surface area (Å²) in [6.45, 7) is 4.58. The molecule has 0 aromatic heterocycles. The highest BCUT2D eigenvalue weighted by molar-refractivity contribution is 5.93. The number of amides is 3. The zero-order chi connectivity index (χ0) is 35.9. The molecule has 9 nitrogen and oxygen atoms in total. The number of hydrogen-bond donors (Lipinski definition) is 4. The normalized spacial score (nSPS) is 17.6. The van der Waals surface area contributed by atoms with Crippen LogP contribution in [0.1, 0.15) is 82.9 Å². The molecule has 1 aliphatic heterocycles. The maximum atomic E-state index is 14.6. The van der Waals surface area contributed by atoms with Crippen LogP contribution in [-0.4, -0.2) is 45.8 Å². The SMILES string of the molecule is CC[C@@H](C)C(=O)N[C@@H](Cc1ccc(NCc2ccc(C(=O)O)cc2)cc1)C(=O)N1Cc2ccccc2CC1C(=O)N[C@@H]1CCCc2ccccc21. The average Bonchev–Trinajstić information content (AvgIpc) is 3.16. The molecule has 4 aromatic rings. The lowest BCUT2D eigenvalue weighted by molar-refractivity contribution is -0.145. The molecule has 4 N–H and O–H groups in total. The number of carboxylic acid groups (broad SMARTS) is 1. The monoisotopic (exact) mass is 686 g/mol. The lowest BCUT2D eigenvalue weighted by Crippen LogP contribution is -2.58. The second-order valence-electron chi connectivity index (χ2n) is 13.7. The molecule has 1 heterocycles. The lowest BCUT2D eigenvalue weighted by atomic mass is 9.87. The highest BCUT2D eigenvalue weighted by atomic mass is 16.4. The van der Waals surface area contributed by atoms with Gasteiger partial charge in [-0.15, -0.1) is 0 Å². The number of anilines is 1. The number of benzene rings is 4. The largest absolute Gasteiger partial charge is 0.478 e. The fourth-order valence-corrected chi connectivity index (χ4v) is 7.02. The van der Waals surface area contributed by atoms with Crippen LogP contribution in [-0.2, 0) is 46.7 Å². The van der Waals surface area contributed by atoms with E-state index in [-0.39, 0.29) is 48.2 Å². The summed E-state index contributed by atoms with van der Waals surface area (Å²) >= 11 is 0. The predicted octanol–water partition coefficient (Wildman–Crippen LogP) is 6.22. The number of carboxylic acids is 1. The van der Waals surface area contributed by atoms with E-state index in [0.717, 1.165) is 52.8 Å². The van der Waals surface area contributed by atoms with E-state index in [1.54, 1.807) is 29.2 Å². The summed E-state index contributed by atoms with van der Waals surface area (Å²) in [6, 6.07) is 28.9. The molecule has 9 heteroatoms. The van der Waals surface area contributed by atoms with Gasteiger partial charge >= 0.3 is 5.97 Å².